The number of likely N-dealkylation sites (N-methyl/N-ethyl adjacent to an activating group) is 1. The molecule has 0 bridgehead atoms. The summed E-state index contributed by atoms with van der Waals surface area (Å²) in [5.74, 6) is 0.223. The van der Waals surface area contributed by atoms with Gasteiger partial charge in [0.05, 0.1) is 18.6 Å². The van der Waals surface area contributed by atoms with E-state index in [2.05, 4.69) is 31.3 Å². The molecule has 2 aromatic heterocycles. The van der Waals surface area contributed by atoms with Crippen LogP contribution in [0.1, 0.15) is 22.9 Å². The Morgan fingerprint density at radius 2 is 2.33 bits per heavy atom. The number of thiophene rings is 1. The molecule has 1 aliphatic heterocycles. The monoisotopic (exact) mass is 348 g/mol. The minimum atomic E-state index is -0.00818. The molecule has 1 aliphatic rings. The van der Waals surface area contributed by atoms with E-state index in [0.717, 1.165) is 25.3 Å². The van der Waals surface area contributed by atoms with Crippen molar-refractivity contribution in [3.63, 3.8) is 0 Å². The lowest BCUT2D eigenvalue weighted by Crippen LogP contribution is -2.36. The van der Waals surface area contributed by atoms with Crippen LogP contribution < -0.4 is 0 Å². The van der Waals surface area contributed by atoms with Crippen LogP contribution in [-0.4, -0.2) is 59.1 Å². The van der Waals surface area contributed by atoms with Gasteiger partial charge in [0.15, 0.2) is 0 Å². The summed E-state index contributed by atoms with van der Waals surface area (Å²) in [6.07, 6.45) is 1.87. The smallest absolute Gasteiger partial charge is 0.248 e. The van der Waals surface area contributed by atoms with E-state index in [9.17, 15) is 4.79 Å². The van der Waals surface area contributed by atoms with Crippen molar-refractivity contribution in [2.45, 2.75) is 19.0 Å². The molecule has 2 aromatic rings. The molecule has 7 heteroatoms. The first-order valence-electron chi connectivity index (χ1n) is 8.06. The number of amides is 1. The normalized spacial score (nSPS) is 17.7. The highest BCUT2D eigenvalue weighted by atomic mass is 32.1. The summed E-state index contributed by atoms with van der Waals surface area (Å²) in [7, 11) is 5.51. The van der Waals surface area contributed by atoms with E-state index in [1.165, 1.54) is 11.3 Å². The Labute approximate surface area is 146 Å². The number of rotatable bonds is 6. The standard InChI is InChI=1S/C17H24N4O2S/c1-19(2)16(22)10-23-9-14-7-21(6-13-4-5-24-11-13)8-15-17(14)20(3)12-18-15/h4-5,11-12,14H,6-10H2,1-3H3. The van der Waals surface area contributed by atoms with Crippen molar-refractivity contribution >= 4 is 17.2 Å². The minimum absolute atomic E-state index is 0.00818. The summed E-state index contributed by atoms with van der Waals surface area (Å²) in [5.41, 5.74) is 3.68. The lowest BCUT2D eigenvalue weighted by Gasteiger charge is -2.32. The summed E-state index contributed by atoms with van der Waals surface area (Å²) in [5, 5.41) is 4.30. The number of imidazole rings is 1. The van der Waals surface area contributed by atoms with E-state index >= 15 is 0 Å². The van der Waals surface area contributed by atoms with Gasteiger partial charge >= 0.3 is 0 Å². The molecule has 0 N–H and O–H groups in total. The lowest BCUT2D eigenvalue weighted by molar-refractivity contribution is -0.133. The molecular weight excluding hydrogens is 324 g/mol. The maximum atomic E-state index is 11.7. The van der Waals surface area contributed by atoms with Crippen LogP contribution in [0.15, 0.2) is 23.2 Å². The SMILES string of the molecule is CN(C)C(=O)COCC1CN(Cc2ccsc2)Cc2ncn(C)c21. The second-order valence-electron chi connectivity index (χ2n) is 6.49. The van der Waals surface area contributed by atoms with Crippen molar-refractivity contribution in [2.75, 3.05) is 33.9 Å². The predicted molar refractivity (Wildman–Crippen MR) is 93.9 cm³/mol. The maximum Gasteiger partial charge on any atom is 0.248 e. The Morgan fingerprint density at radius 3 is 3.04 bits per heavy atom. The molecule has 1 unspecified atom stereocenters. The second-order valence-corrected chi connectivity index (χ2v) is 7.27. The summed E-state index contributed by atoms with van der Waals surface area (Å²) in [6, 6.07) is 2.17. The highest BCUT2D eigenvalue weighted by Crippen LogP contribution is 2.28. The van der Waals surface area contributed by atoms with Crippen molar-refractivity contribution in [1.29, 1.82) is 0 Å². The molecule has 130 valence electrons. The van der Waals surface area contributed by atoms with Crippen molar-refractivity contribution in [3.8, 4) is 0 Å². The van der Waals surface area contributed by atoms with Crippen LogP contribution in [0.3, 0.4) is 0 Å². The molecule has 6 nitrogen and oxygen atoms in total. The van der Waals surface area contributed by atoms with Crippen LogP contribution in [0.5, 0.6) is 0 Å². The topological polar surface area (TPSA) is 50.6 Å². The second kappa shape index (κ2) is 7.46. The van der Waals surface area contributed by atoms with E-state index in [0.29, 0.717) is 6.61 Å². The molecule has 0 aromatic carbocycles. The third kappa shape index (κ3) is 3.85. The molecule has 0 fully saturated rings. The number of ether oxygens (including phenoxy) is 1. The van der Waals surface area contributed by atoms with Crippen LogP contribution in [0.2, 0.25) is 0 Å². The van der Waals surface area contributed by atoms with Crippen LogP contribution in [0.4, 0.5) is 0 Å². The van der Waals surface area contributed by atoms with E-state index in [4.69, 9.17) is 4.74 Å². The van der Waals surface area contributed by atoms with Gasteiger partial charge in [-0.15, -0.1) is 0 Å². The van der Waals surface area contributed by atoms with Crippen molar-refractivity contribution in [1.82, 2.24) is 19.4 Å². The highest BCUT2D eigenvalue weighted by molar-refractivity contribution is 7.07. The quantitative estimate of drug-likeness (QED) is 0.797. The van der Waals surface area contributed by atoms with Gasteiger partial charge in [-0.05, 0) is 22.4 Å². The van der Waals surface area contributed by atoms with Gasteiger partial charge in [-0.2, -0.15) is 11.3 Å². The number of carbonyl (C=O) groups is 1. The first-order chi connectivity index (χ1) is 11.5. The molecule has 24 heavy (non-hydrogen) atoms. The Hall–Kier alpha value is -1.70. The Morgan fingerprint density at radius 1 is 1.50 bits per heavy atom. The summed E-state index contributed by atoms with van der Waals surface area (Å²) in [4.78, 5) is 20.2. The lowest BCUT2D eigenvalue weighted by atomic mass is 9.98. The number of hydrogen-bond donors (Lipinski definition) is 0. The van der Waals surface area contributed by atoms with E-state index in [1.807, 2.05) is 13.4 Å². The molecule has 0 radical (unpaired) electrons. The summed E-state index contributed by atoms with van der Waals surface area (Å²) >= 11 is 1.73. The molecule has 0 saturated heterocycles. The number of hydrogen-bond acceptors (Lipinski definition) is 5. The zero-order valence-electron chi connectivity index (χ0n) is 14.4. The average molecular weight is 348 g/mol. The van der Waals surface area contributed by atoms with Gasteiger partial charge in [-0.1, -0.05) is 0 Å². The number of nitrogens with zero attached hydrogens (tertiary/aromatic N) is 4. The average Bonchev–Trinajstić information content (AvgIpc) is 3.17. The Kier molecular flexibility index (Phi) is 5.33. The van der Waals surface area contributed by atoms with Crippen molar-refractivity contribution in [2.24, 2.45) is 7.05 Å². The highest BCUT2D eigenvalue weighted by Gasteiger charge is 2.29. The van der Waals surface area contributed by atoms with E-state index in [-0.39, 0.29) is 18.4 Å². The van der Waals surface area contributed by atoms with Gasteiger partial charge in [-0.25, -0.2) is 4.98 Å². The fourth-order valence-electron chi connectivity index (χ4n) is 3.12. The van der Waals surface area contributed by atoms with Crippen molar-refractivity contribution < 1.29 is 9.53 Å². The van der Waals surface area contributed by atoms with Gasteiger partial charge in [0.25, 0.3) is 0 Å². The van der Waals surface area contributed by atoms with Crippen LogP contribution >= 0.6 is 11.3 Å². The first-order valence-corrected chi connectivity index (χ1v) is 9.00. The van der Waals surface area contributed by atoms with Gasteiger partial charge in [-0.3, -0.25) is 9.69 Å². The van der Waals surface area contributed by atoms with Crippen LogP contribution in [0.25, 0.3) is 0 Å². The first kappa shape index (κ1) is 17.1. The van der Waals surface area contributed by atoms with Gasteiger partial charge in [0.2, 0.25) is 5.91 Å². The Bertz CT molecular complexity index is 681. The van der Waals surface area contributed by atoms with Gasteiger partial charge in [0, 0.05) is 52.4 Å². The van der Waals surface area contributed by atoms with Crippen LogP contribution in [-0.2, 0) is 29.7 Å². The molecule has 3 heterocycles. The van der Waals surface area contributed by atoms with E-state index < -0.39 is 0 Å². The maximum absolute atomic E-state index is 11.7. The molecule has 1 amide bonds. The van der Waals surface area contributed by atoms with Gasteiger partial charge in [0.1, 0.15) is 6.61 Å². The number of aryl methyl sites for hydroxylation is 1. The molecule has 0 aliphatic carbocycles. The Balaban J connectivity index is 1.66. The zero-order valence-corrected chi connectivity index (χ0v) is 15.3. The third-order valence-corrected chi connectivity index (χ3v) is 5.06. The largest absolute Gasteiger partial charge is 0.371 e. The summed E-state index contributed by atoms with van der Waals surface area (Å²) < 4.78 is 7.79. The molecule has 3 rings (SSSR count). The van der Waals surface area contributed by atoms with Crippen LogP contribution in [0, 0.1) is 0 Å². The fourth-order valence-corrected chi connectivity index (χ4v) is 3.78. The fraction of sp³-hybridized carbons (Fsp3) is 0.529. The molecule has 0 spiro atoms. The zero-order chi connectivity index (χ0) is 17.1. The number of carbonyl (C=O) groups excluding carboxylic acids is 1. The minimum Gasteiger partial charge on any atom is -0.371 e. The van der Waals surface area contributed by atoms with Crippen molar-refractivity contribution in [3.05, 3.63) is 40.1 Å². The van der Waals surface area contributed by atoms with E-state index in [1.54, 1.807) is 30.3 Å². The third-order valence-electron chi connectivity index (χ3n) is 4.33. The number of fused-ring (bicyclic) bond motifs is 1. The van der Waals surface area contributed by atoms with Gasteiger partial charge < -0.3 is 14.2 Å². The molecule has 0 saturated carbocycles. The summed E-state index contributed by atoms with van der Waals surface area (Å²) in [6.45, 7) is 3.36. The molecular formula is C17H24N4O2S. The number of aromatic nitrogens is 2. The molecule has 1 atom stereocenters. The predicted octanol–water partition coefficient (Wildman–Crippen LogP) is 1.69.